The van der Waals surface area contributed by atoms with Crippen LogP contribution in [0.5, 0.6) is 0 Å². The lowest BCUT2D eigenvalue weighted by Gasteiger charge is -2.18. The standard InChI is InChI=1S/C13H19NO/c1-9-3-4-11-5-6-13(12(11)7-9)14-10(2)8-15/h3-4,7,10,13-15H,5-6,8H2,1-2H3/t10-,13?/m1/s1. The Morgan fingerprint density at radius 2 is 2.33 bits per heavy atom. The Morgan fingerprint density at radius 1 is 1.53 bits per heavy atom. The van der Waals surface area contributed by atoms with Gasteiger partial charge in [-0.05, 0) is 37.8 Å². The maximum Gasteiger partial charge on any atom is 0.0582 e. The van der Waals surface area contributed by atoms with Crippen LogP contribution in [0.1, 0.15) is 36.1 Å². The molecule has 0 bridgehead atoms. The Labute approximate surface area is 91.3 Å². The van der Waals surface area contributed by atoms with Crippen molar-refractivity contribution in [1.82, 2.24) is 5.32 Å². The average molecular weight is 205 g/mol. The van der Waals surface area contributed by atoms with Gasteiger partial charge < -0.3 is 10.4 Å². The van der Waals surface area contributed by atoms with Gasteiger partial charge in [-0.15, -0.1) is 0 Å². The largest absolute Gasteiger partial charge is 0.395 e. The number of hydrogen-bond donors (Lipinski definition) is 2. The second-order valence-electron chi connectivity index (χ2n) is 4.54. The maximum atomic E-state index is 9.04. The molecule has 15 heavy (non-hydrogen) atoms. The van der Waals surface area contributed by atoms with Crippen LogP contribution in [-0.2, 0) is 6.42 Å². The number of hydrogen-bond acceptors (Lipinski definition) is 2. The minimum Gasteiger partial charge on any atom is -0.395 e. The van der Waals surface area contributed by atoms with Crippen molar-refractivity contribution >= 4 is 0 Å². The lowest BCUT2D eigenvalue weighted by atomic mass is 10.0. The zero-order valence-electron chi connectivity index (χ0n) is 9.46. The lowest BCUT2D eigenvalue weighted by Crippen LogP contribution is -2.32. The van der Waals surface area contributed by atoms with Gasteiger partial charge >= 0.3 is 0 Å². The highest BCUT2D eigenvalue weighted by Crippen LogP contribution is 2.31. The molecule has 2 rings (SSSR count). The second kappa shape index (κ2) is 4.33. The van der Waals surface area contributed by atoms with E-state index < -0.39 is 0 Å². The van der Waals surface area contributed by atoms with Gasteiger partial charge in [0.1, 0.15) is 0 Å². The van der Waals surface area contributed by atoms with E-state index in [0.29, 0.717) is 6.04 Å². The summed E-state index contributed by atoms with van der Waals surface area (Å²) < 4.78 is 0. The van der Waals surface area contributed by atoms with Crippen molar-refractivity contribution in [1.29, 1.82) is 0 Å². The monoisotopic (exact) mass is 205 g/mol. The van der Waals surface area contributed by atoms with Gasteiger partial charge in [0.25, 0.3) is 0 Å². The number of fused-ring (bicyclic) bond motifs is 1. The molecular weight excluding hydrogens is 186 g/mol. The Hall–Kier alpha value is -0.860. The third kappa shape index (κ3) is 2.21. The van der Waals surface area contributed by atoms with Crippen LogP contribution in [0.3, 0.4) is 0 Å². The van der Waals surface area contributed by atoms with Gasteiger partial charge in [-0.2, -0.15) is 0 Å². The predicted octanol–water partition coefficient (Wildman–Crippen LogP) is 1.95. The molecule has 0 heterocycles. The zero-order valence-corrected chi connectivity index (χ0v) is 9.46. The highest BCUT2D eigenvalue weighted by molar-refractivity contribution is 5.37. The van der Waals surface area contributed by atoms with E-state index in [9.17, 15) is 0 Å². The van der Waals surface area contributed by atoms with E-state index in [-0.39, 0.29) is 12.6 Å². The molecule has 0 aliphatic heterocycles. The van der Waals surface area contributed by atoms with E-state index in [2.05, 4.69) is 30.4 Å². The van der Waals surface area contributed by atoms with Crippen LogP contribution < -0.4 is 5.32 Å². The summed E-state index contributed by atoms with van der Waals surface area (Å²) in [5, 5.41) is 12.5. The van der Waals surface area contributed by atoms with E-state index in [0.717, 1.165) is 12.8 Å². The molecule has 2 N–H and O–H groups in total. The summed E-state index contributed by atoms with van der Waals surface area (Å²) in [6, 6.07) is 7.29. The highest BCUT2D eigenvalue weighted by atomic mass is 16.3. The quantitative estimate of drug-likeness (QED) is 0.790. The molecule has 82 valence electrons. The minimum atomic E-state index is 0.182. The summed E-state index contributed by atoms with van der Waals surface area (Å²) >= 11 is 0. The van der Waals surface area contributed by atoms with Gasteiger partial charge in [0.15, 0.2) is 0 Å². The first-order valence-corrected chi connectivity index (χ1v) is 5.67. The van der Waals surface area contributed by atoms with Gasteiger partial charge in [0.05, 0.1) is 6.61 Å². The maximum absolute atomic E-state index is 9.04. The van der Waals surface area contributed by atoms with Crippen LogP contribution in [0.4, 0.5) is 0 Å². The van der Waals surface area contributed by atoms with Crippen LogP contribution in [0.25, 0.3) is 0 Å². The summed E-state index contributed by atoms with van der Waals surface area (Å²) in [6.45, 7) is 4.36. The average Bonchev–Trinajstić information content (AvgIpc) is 2.61. The molecule has 0 fully saturated rings. The molecule has 1 unspecified atom stereocenters. The third-order valence-corrected chi connectivity index (χ3v) is 3.14. The van der Waals surface area contributed by atoms with Gasteiger partial charge in [-0.3, -0.25) is 0 Å². The van der Waals surface area contributed by atoms with Crippen molar-refractivity contribution in [2.45, 2.75) is 38.8 Å². The zero-order chi connectivity index (χ0) is 10.8. The first kappa shape index (κ1) is 10.7. The molecule has 1 aliphatic rings. The third-order valence-electron chi connectivity index (χ3n) is 3.14. The van der Waals surface area contributed by atoms with Crippen molar-refractivity contribution in [3.8, 4) is 0 Å². The van der Waals surface area contributed by atoms with E-state index in [1.54, 1.807) is 0 Å². The smallest absolute Gasteiger partial charge is 0.0582 e. The molecule has 1 aromatic carbocycles. The summed E-state index contributed by atoms with van der Waals surface area (Å²) in [4.78, 5) is 0. The number of aliphatic hydroxyl groups is 1. The van der Waals surface area contributed by atoms with Crippen LogP contribution in [0, 0.1) is 6.92 Å². The molecule has 0 radical (unpaired) electrons. The molecule has 1 aliphatic carbocycles. The minimum absolute atomic E-state index is 0.182. The highest BCUT2D eigenvalue weighted by Gasteiger charge is 2.22. The van der Waals surface area contributed by atoms with Crippen molar-refractivity contribution in [3.05, 3.63) is 34.9 Å². The SMILES string of the molecule is Cc1ccc2c(c1)C(N[C@H](C)CO)CC2. The normalized spacial score (nSPS) is 21.4. The summed E-state index contributed by atoms with van der Waals surface area (Å²) in [5.41, 5.74) is 4.21. The Bertz CT molecular complexity index is 348. The number of benzene rings is 1. The van der Waals surface area contributed by atoms with E-state index >= 15 is 0 Å². The van der Waals surface area contributed by atoms with Gasteiger partial charge in [-0.1, -0.05) is 23.8 Å². The van der Waals surface area contributed by atoms with Crippen molar-refractivity contribution in [3.63, 3.8) is 0 Å². The van der Waals surface area contributed by atoms with Crippen LogP contribution in [-0.4, -0.2) is 17.8 Å². The molecular formula is C13H19NO. The summed E-state index contributed by atoms with van der Waals surface area (Å²) in [7, 11) is 0. The van der Waals surface area contributed by atoms with Crippen molar-refractivity contribution < 1.29 is 5.11 Å². The van der Waals surface area contributed by atoms with Crippen molar-refractivity contribution in [2.75, 3.05) is 6.61 Å². The fourth-order valence-electron chi connectivity index (χ4n) is 2.29. The topological polar surface area (TPSA) is 32.3 Å². The number of aliphatic hydroxyl groups excluding tert-OH is 1. The molecule has 2 heteroatoms. The fraction of sp³-hybridized carbons (Fsp3) is 0.538. The Kier molecular flexibility index (Phi) is 3.08. The number of aryl methyl sites for hydroxylation is 2. The van der Waals surface area contributed by atoms with Crippen LogP contribution in [0.2, 0.25) is 0 Å². The number of nitrogens with one attached hydrogen (secondary N) is 1. The van der Waals surface area contributed by atoms with Gasteiger partial charge in [-0.25, -0.2) is 0 Å². The van der Waals surface area contributed by atoms with Crippen LogP contribution in [0.15, 0.2) is 18.2 Å². The predicted molar refractivity (Wildman–Crippen MR) is 61.9 cm³/mol. The van der Waals surface area contributed by atoms with Gasteiger partial charge in [0.2, 0.25) is 0 Å². The van der Waals surface area contributed by atoms with E-state index in [1.165, 1.54) is 16.7 Å². The molecule has 0 saturated heterocycles. The van der Waals surface area contributed by atoms with E-state index in [1.807, 2.05) is 6.92 Å². The molecule has 0 spiro atoms. The van der Waals surface area contributed by atoms with Gasteiger partial charge in [0, 0.05) is 12.1 Å². The Morgan fingerprint density at radius 3 is 3.07 bits per heavy atom. The van der Waals surface area contributed by atoms with Crippen molar-refractivity contribution in [2.24, 2.45) is 0 Å². The molecule has 0 aromatic heterocycles. The Balaban J connectivity index is 2.16. The first-order chi connectivity index (χ1) is 7.20. The van der Waals surface area contributed by atoms with E-state index in [4.69, 9.17) is 5.11 Å². The molecule has 0 saturated carbocycles. The molecule has 1 aromatic rings. The molecule has 0 amide bonds. The lowest BCUT2D eigenvalue weighted by molar-refractivity contribution is 0.240. The summed E-state index contributed by atoms with van der Waals surface area (Å²) in [6.07, 6.45) is 2.31. The fourth-order valence-corrected chi connectivity index (χ4v) is 2.29. The second-order valence-corrected chi connectivity index (χ2v) is 4.54. The molecule has 2 atom stereocenters. The first-order valence-electron chi connectivity index (χ1n) is 5.67. The summed E-state index contributed by atoms with van der Waals surface area (Å²) in [5.74, 6) is 0. The number of rotatable bonds is 3. The van der Waals surface area contributed by atoms with Crippen LogP contribution >= 0.6 is 0 Å². The molecule has 2 nitrogen and oxygen atoms in total.